The molecule has 0 bridgehead atoms. The van der Waals surface area contributed by atoms with E-state index in [2.05, 4.69) is 0 Å². The summed E-state index contributed by atoms with van der Waals surface area (Å²) in [6.45, 7) is 6.46. The summed E-state index contributed by atoms with van der Waals surface area (Å²) in [5, 5.41) is 1.11. The van der Waals surface area contributed by atoms with Gasteiger partial charge in [-0.2, -0.15) is 0 Å². The molecule has 0 amide bonds. The van der Waals surface area contributed by atoms with Gasteiger partial charge in [0.05, 0.1) is 6.23 Å². The first-order valence-electron chi connectivity index (χ1n) is 5.21. The maximum atomic E-state index is 5.76. The fourth-order valence-electron chi connectivity index (χ4n) is 1.56. The molecule has 1 aromatic rings. The Labute approximate surface area is 92.5 Å². The average Bonchev–Trinajstić information content (AvgIpc) is 2.18. The van der Waals surface area contributed by atoms with Crippen molar-refractivity contribution < 1.29 is 8.85 Å². The third-order valence-corrected chi connectivity index (χ3v) is 5.17. The van der Waals surface area contributed by atoms with Crippen molar-refractivity contribution in [3.05, 3.63) is 30.3 Å². The Bertz CT molecular complexity index is 292. The van der Waals surface area contributed by atoms with E-state index < -0.39 is 8.56 Å². The van der Waals surface area contributed by atoms with Crippen LogP contribution in [0.15, 0.2) is 30.3 Å². The molecule has 0 heterocycles. The molecule has 0 saturated heterocycles. The number of rotatable bonds is 5. The van der Waals surface area contributed by atoms with Crippen LogP contribution in [-0.2, 0) is 8.85 Å². The summed E-state index contributed by atoms with van der Waals surface area (Å²) in [4.78, 5) is 0. The molecule has 3 nitrogen and oxygen atoms in total. The molecule has 1 rings (SSSR count). The van der Waals surface area contributed by atoms with Gasteiger partial charge in [0.15, 0.2) is 0 Å². The van der Waals surface area contributed by atoms with E-state index in [1.807, 2.05) is 50.7 Å². The van der Waals surface area contributed by atoms with E-state index in [0.29, 0.717) is 6.61 Å². The highest BCUT2D eigenvalue weighted by Crippen LogP contribution is 2.09. The predicted octanol–water partition coefficient (Wildman–Crippen LogP) is 1.32. The quantitative estimate of drug-likeness (QED) is 0.607. The highest BCUT2D eigenvalue weighted by Gasteiger charge is 2.34. The lowest BCUT2D eigenvalue weighted by Crippen LogP contribution is -2.54. The first-order valence-corrected chi connectivity index (χ1v) is 7.53. The summed E-state index contributed by atoms with van der Waals surface area (Å²) in [5.74, 6) is 0. The smallest absolute Gasteiger partial charge is 0.370 e. The van der Waals surface area contributed by atoms with Crippen LogP contribution in [0.3, 0.4) is 0 Å². The van der Waals surface area contributed by atoms with Gasteiger partial charge in [0.1, 0.15) is 0 Å². The Morgan fingerprint density at radius 2 is 1.93 bits per heavy atom. The van der Waals surface area contributed by atoms with Crippen LogP contribution in [-0.4, -0.2) is 21.4 Å². The van der Waals surface area contributed by atoms with Crippen molar-refractivity contribution in [3.8, 4) is 0 Å². The van der Waals surface area contributed by atoms with Crippen LogP contribution in [0.1, 0.15) is 13.8 Å². The van der Waals surface area contributed by atoms with E-state index in [4.69, 9.17) is 14.6 Å². The zero-order chi connectivity index (χ0) is 11.3. The summed E-state index contributed by atoms with van der Waals surface area (Å²) >= 11 is 0. The molecular formula is C11H19NO2Si. The van der Waals surface area contributed by atoms with Gasteiger partial charge in [-0.25, -0.2) is 0 Å². The maximum Gasteiger partial charge on any atom is 0.370 e. The second-order valence-corrected chi connectivity index (χ2v) is 6.56. The van der Waals surface area contributed by atoms with E-state index >= 15 is 0 Å². The second kappa shape index (κ2) is 5.41. The molecule has 2 N–H and O–H groups in total. The molecule has 84 valence electrons. The van der Waals surface area contributed by atoms with Crippen LogP contribution in [0, 0.1) is 0 Å². The number of hydrogen-bond acceptors (Lipinski definition) is 3. The van der Waals surface area contributed by atoms with Crippen molar-refractivity contribution in [2.45, 2.75) is 26.6 Å². The summed E-state index contributed by atoms with van der Waals surface area (Å²) in [5.41, 5.74) is 5.68. The minimum atomic E-state index is -2.31. The number of hydrogen-bond donors (Lipinski definition) is 1. The van der Waals surface area contributed by atoms with Gasteiger partial charge < -0.3 is 14.6 Å². The Morgan fingerprint density at radius 3 is 2.40 bits per heavy atom. The lowest BCUT2D eigenvalue weighted by atomic mass is 10.4. The highest BCUT2D eigenvalue weighted by molar-refractivity contribution is 6.80. The van der Waals surface area contributed by atoms with E-state index in [9.17, 15) is 0 Å². The van der Waals surface area contributed by atoms with Gasteiger partial charge in [-0.05, 0) is 25.6 Å². The average molecular weight is 225 g/mol. The SMILES string of the molecule is CCO[Si](C)(OC(C)N)c1ccccc1. The molecule has 0 radical (unpaired) electrons. The monoisotopic (exact) mass is 225 g/mol. The summed E-state index contributed by atoms with van der Waals surface area (Å²) in [7, 11) is -2.31. The molecule has 0 aliphatic heterocycles. The maximum absolute atomic E-state index is 5.76. The van der Waals surface area contributed by atoms with E-state index in [1.165, 1.54) is 0 Å². The van der Waals surface area contributed by atoms with Crippen LogP contribution in [0.5, 0.6) is 0 Å². The Morgan fingerprint density at radius 1 is 1.33 bits per heavy atom. The molecule has 15 heavy (non-hydrogen) atoms. The minimum Gasteiger partial charge on any atom is -0.391 e. The molecule has 2 unspecified atom stereocenters. The second-order valence-electron chi connectivity index (χ2n) is 3.57. The lowest BCUT2D eigenvalue weighted by Gasteiger charge is -2.28. The first kappa shape index (κ1) is 12.4. The van der Waals surface area contributed by atoms with Crippen LogP contribution >= 0.6 is 0 Å². The predicted molar refractivity (Wildman–Crippen MR) is 64.1 cm³/mol. The molecule has 0 aromatic heterocycles. The summed E-state index contributed by atoms with van der Waals surface area (Å²) in [6.07, 6.45) is -0.298. The molecule has 4 heteroatoms. The zero-order valence-corrected chi connectivity index (χ0v) is 10.6. The molecule has 0 fully saturated rings. The number of nitrogens with two attached hydrogens (primary N) is 1. The van der Waals surface area contributed by atoms with Crippen LogP contribution in [0.25, 0.3) is 0 Å². The third kappa shape index (κ3) is 3.42. The molecule has 0 aliphatic rings. The Balaban J connectivity index is 2.90. The van der Waals surface area contributed by atoms with Gasteiger partial charge >= 0.3 is 8.56 Å². The van der Waals surface area contributed by atoms with Gasteiger partial charge in [-0.15, -0.1) is 0 Å². The normalized spacial score (nSPS) is 17.1. The van der Waals surface area contributed by atoms with Crippen molar-refractivity contribution in [2.24, 2.45) is 5.73 Å². The molecular weight excluding hydrogens is 206 g/mol. The Hall–Kier alpha value is -0.683. The largest absolute Gasteiger partial charge is 0.391 e. The zero-order valence-electron chi connectivity index (χ0n) is 9.57. The van der Waals surface area contributed by atoms with Crippen molar-refractivity contribution in [2.75, 3.05) is 6.61 Å². The minimum absolute atomic E-state index is 0.298. The third-order valence-electron chi connectivity index (χ3n) is 2.13. The van der Waals surface area contributed by atoms with Crippen LogP contribution in [0.4, 0.5) is 0 Å². The van der Waals surface area contributed by atoms with Crippen LogP contribution in [0.2, 0.25) is 6.55 Å². The Kier molecular flexibility index (Phi) is 4.47. The number of benzene rings is 1. The van der Waals surface area contributed by atoms with Crippen molar-refractivity contribution in [1.29, 1.82) is 0 Å². The van der Waals surface area contributed by atoms with Crippen molar-refractivity contribution in [1.82, 2.24) is 0 Å². The topological polar surface area (TPSA) is 44.5 Å². The van der Waals surface area contributed by atoms with Crippen molar-refractivity contribution in [3.63, 3.8) is 0 Å². The fraction of sp³-hybridized carbons (Fsp3) is 0.455. The van der Waals surface area contributed by atoms with E-state index in [0.717, 1.165) is 5.19 Å². The highest BCUT2D eigenvalue weighted by atomic mass is 28.4. The van der Waals surface area contributed by atoms with E-state index in [1.54, 1.807) is 0 Å². The fourth-order valence-corrected chi connectivity index (χ4v) is 3.99. The summed E-state index contributed by atoms with van der Waals surface area (Å²) < 4.78 is 11.5. The van der Waals surface area contributed by atoms with E-state index in [-0.39, 0.29) is 6.23 Å². The standard InChI is InChI=1S/C11H19NO2Si/c1-4-13-15(3,14-10(2)12)11-8-6-5-7-9-11/h5-10H,4,12H2,1-3H3. The van der Waals surface area contributed by atoms with Gasteiger partial charge in [-0.3, -0.25) is 0 Å². The van der Waals surface area contributed by atoms with Gasteiger partial charge in [0.25, 0.3) is 0 Å². The lowest BCUT2D eigenvalue weighted by molar-refractivity contribution is 0.145. The molecule has 0 aliphatic carbocycles. The molecule has 2 atom stereocenters. The molecule has 0 saturated carbocycles. The van der Waals surface area contributed by atoms with Crippen molar-refractivity contribution >= 4 is 13.7 Å². The first-order chi connectivity index (χ1) is 7.08. The van der Waals surface area contributed by atoms with Gasteiger partial charge in [0, 0.05) is 6.61 Å². The van der Waals surface area contributed by atoms with Crippen LogP contribution < -0.4 is 10.9 Å². The van der Waals surface area contributed by atoms with Gasteiger partial charge in [-0.1, -0.05) is 30.3 Å². The van der Waals surface area contributed by atoms with Gasteiger partial charge in [0.2, 0.25) is 0 Å². The molecule has 1 aromatic carbocycles. The summed E-state index contributed by atoms with van der Waals surface area (Å²) in [6, 6.07) is 10.0. The molecule has 0 spiro atoms.